The fourth-order valence-electron chi connectivity index (χ4n) is 3.39. The second-order valence-corrected chi connectivity index (χ2v) is 8.53. The summed E-state index contributed by atoms with van der Waals surface area (Å²) >= 11 is 0. The molecule has 0 aliphatic carbocycles. The van der Waals surface area contributed by atoms with E-state index < -0.39 is 21.4 Å². The van der Waals surface area contributed by atoms with Crippen molar-refractivity contribution in [2.75, 3.05) is 0 Å². The largest absolute Gasteiger partial charge is 0.573 e. The minimum absolute atomic E-state index is 0.251. The maximum absolute atomic E-state index is 12.3. The summed E-state index contributed by atoms with van der Waals surface area (Å²) in [4.78, 5) is 0. The van der Waals surface area contributed by atoms with Crippen LogP contribution in [0.25, 0.3) is 0 Å². The molecule has 2 heterocycles. The molecule has 2 aliphatic heterocycles. The van der Waals surface area contributed by atoms with Gasteiger partial charge in [-0.05, 0) is 43.4 Å². The van der Waals surface area contributed by atoms with Crippen molar-refractivity contribution in [3.05, 3.63) is 41.5 Å². The molecule has 1 aromatic carbocycles. The lowest BCUT2D eigenvalue weighted by Crippen LogP contribution is -2.39. The lowest BCUT2D eigenvalue weighted by Gasteiger charge is -2.33. The molecular formula is C16H17F3O3S. The van der Waals surface area contributed by atoms with Crippen molar-refractivity contribution in [1.82, 2.24) is 0 Å². The van der Waals surface area contributed by atoms with Crippen molar-refractivity contribution >= 4 is 9.84 Å². The zero-order chi connectivity index (χ0) is 16.7. The molecule has 0 spiro atoms. The number of allylic oxidation sites excluding steroid dienone is 1. The first-order chi connectivity index (χ1) is 10.7. The molecule has 0 saturated carbocycles. The van der Waals surface area contributed by atoms with E-state index in [1.807, 2.05) is 0 Å². The maximum Gasteiger partial charge on any atom is 0.573 e. The van der Waals surface area contributed by atoms with Gasteiger partial charge in [0.1, 0.15) is 5.75 Å². The van der Waals surface area contributed by atoms with Crippen LogP contribution in [0.5, 0.6) is 5.75 Å². The third-order valence-electron chi connectivity index (χ3n) is 4.38. The molecule has 1 aromatic rings. The van der Waals surface area contributed by atoms with Gasteiger partial charge in [0, 0.05) is 0 Å². The van der Waals surface area contributed by atoms with E-state index in [1.54, 1.807) is 12.1 Å². The van der Waals surface area contributed by atoms with Gasteiger partial charge in [0.05, 0.1) is 10.5 Å². The van der Waals surface area contributed by atoms with Gasteiger partial charge in [0.15, 0.2) is 9.84 Å². The first-order valence-electron chi connectivity index (χ1n) is 7.51. The Kier molecular flexibility index (Phi) is 4.16. The summed E-state index contributed by atoms with van der Waals surface area (Å²) < 4.78 is 65.2. The number of fused-ring (bicyclic) bond motifs is 2. The lowest BCUT2D eigenvalue weighted by molar-refractivity contribution is -0.274. The van der Waals surface area contributed by atoms with Crippen LogP contribution in [-0.2, 0) is 16.3 Å². The highest BCUT2D eigenvalue weighted by molar-refractivity contribution is 7.92. The molecule has 0 amide bonds. The van der Waals surface area contributed by atoms with E-state index in [2.05, 4.69) is 4.74 Å². The molecule has 0 N–H and O–H groups in total. The first kappa shape index (κ1) is 16.4. The monoisotopic (exact) mass is 346 g/mol. The van der Waals surface area contributed by atoms with Crippen LogP contribution in [0, 0.1) is 0 Å². The number of ether oxygens (including phenoxy) is 1. The predicted molar refractivity (Wildman–Crippen MR) is 79.9 cm³/mol. The zero-order valence-electron chi connectivity index (χ0n) is 12.3. The molecular weight excluding hydrogens is 329 g/mol. The smallest absolute Gasteiger partial charge is 0.406 e. The van der Waals surface area contributed by atoms with Gasteiger partial charge in [-0.2, -0.15) is 0 Å². The number of hydrogen-bond donors (Lipinski definition) is 0. The van der Waals surface area contributed by atoms with Crippen LogP contribution in [0.15, 0.2) is 35.9 Å². The molecule has 23 heavy (non-hydrogen) atoms. The van der Waals surface area contributed by atoms with Crippen LogP contribution in [0.2, 0.25) is 0 Å². The van der Waals surface area contributed by atoms with Crippen molar-refractivity contribution in [1.29, 1.82) is 0 Å². The molecule has 7 heteroatoms. The van der Waals surface area contributed by atoms with Crippen LogP contribution in [-0.4, -0.2) is 25.3 Å². The summed E-state index contributed by atoms with van der Waals surface area (Å²) in [5, 5.41) is -0.768. The van der Waals surface area contributed by atoms with E-state index in [1.165, 1.54) is 18.2 Å². The molecule has 0 aromatic heterocycles. The first-order valence-corrected chi connectivity index (χ1v) is 9.12. The van der Waals surface area contributed by atoms with Crippen molar-refractivity contribution in [3.63, 3.8) is 0 Å². The van der Waals surface area contributed by atoms with Crippen LogP contribution in [0.3, 0.4) is 0 Å². The fraction of sp³-hybridized carbons (Fsp3) is 0.500. The highest BCUT2D eigenvalue weighted by Crippen LogP contribution is 2.37. The summed E-state index contributed by atoms with van der Waals surface area (Å²) in [6.45, 7) is 0. The number of halogens is 3. The summed E-state index contributed by atoms with van der Waals surface area (Å²) in [6, 6.07) is 5.85. The van der Waals surface area contributed by atoms with Gasteiger partial charge in [0.25, 0.3) is 0 Å². The van der Waals surface area contributed by atoms with Crippen molar-refractivity contribution < 1.29 is 26.3 Å². The maximum atomic E-state index is 12.3. The Hall–Kier alpha value is -1.50. The fourth-order valence-corrected chi connectivity index (χ4v) is 5.70. The molecule has 2 aliphatic rings. The summed E-state index contributed by atoms with van der Waals surface area (Å²) in [6.07, 6.45) is 0.233. The molecule has 2 bridgehead atoms. The normalized spacial score (nSPS) is 26.5. The van der Waals surface area contributed by atoms with Gasteiger partial charge < -0.3 is 4.74 Å². The Bertz CT molecular complexity index is 722. The van der Waals surface area contributed by atoms with E-state index in [4.69, 9.17) is 0 Å². The Morgan fingerprint density at radius 2 is 2.00 bits per heavy atom. The second kappa shape index (κ2) is 5.85. The third kappa shape index (κ3) is 3.71. The zero-order valence-corrected chi connectivity index (χ0v) is 13.2. The van der Waals surface area contributed by atoms with Gasteiger partial charge >= 0.3 is 6.36 Å². The van der Waals surface area contributed by atoms with E-state index in [0.29, 0.717) is 31.2 Å². The SMILES string of the molecule is O=S1(=O)C2C=C(Cc3cccc(OC(F)(F)F)c3)CC1CCC2. The molecule has 2 unspecified atom stereocenters. The molecule has 0 radical (unpaired) electrons. The number of hydrogen-bond acceptors (Lipinski definition) is 3. The topological polar surface area (TPSA) is 43.4 Å². The minimum Gasteiger partial charge on any atom is -0.406 e. The molecule has 3 rings (SSSR count). The highest BCUT2D eigenvalue weighted by Gasteiger charge is 2.40. The number of sulfone groups is 1. The minimum atomic E-state index is -4.71. The van der Waals surface area contributed by atoms with Gasteiger partial charge in [-0.3, -0.25) is 0 Å². The average Bonchev–Trinajstić information content (AvgIpc) is 2.38. The second-order valence-electron chi connectivity index (χ2n) is 6.08. The van der Waals surface area contributed by atoms with E-state index in [9.17, 15) is 21.6 Å². The summed E-state index contributed by atoms with van der Waals surface area (Å²) in [7, 11) is -3.07. The van der Waals surface area contributed by atoms with Gasteiger partial charge in [-0.15, -0.1) is 13.2 Å². The standard InChI is InChI=1S/C16H17F3O3S/c17-16(18,19)22-13-4-1-3-11(8-13)7-12-9-14-5-2-6-15(10-12)23(14,20)21/h1,3-4,8-9,14-15H,2,5-7,10H2. The van der Waals surface area contributed by atoms with Gasteiger partial charge in [0.2, 0.25) is 0 Å². The lowest BCUT2D eigenvalue weighted by atomic mass is 9.94. The van der Waals surface area contributed by atoms with Crippen molar-refractivity contribution in [3.8, 4) is 5.75 Å². The number of alkyl halides is 3. The van der Waals surface area contributed by atoms with E-state index in [0.717, 1.165) is 12.0 Å². The Morgan fingerprint density at radius 3 is 2.70 bits per heavy atom. The predicted octanol–water partition coefficient (Wildman–Crippen LogP) is 3.79. The van der Waals surface area contributed by atoms with E-state index >= 15 is 0 Å². The molecule has 3 nitrogen and oxygen atoms in total. The molecule has 1 saturated heterocycles. The van der Waals surface area contributed by atoms with Crippen molar-refractivity contribution in [2.24, 2.45) is 0 Å². The Labute approximate surface area is 133 Å². The quantitative estimate of drug-likeness (QED) is 0.782. The summed E-state index contributed by atoms with van der Waals surface area (Å²) in [5.41, 5.74) is 1.68. The molecule has 2 atom stereocenters. The van der Waals surface area contributed by atoms with Gasteiger partial charge in [-0.25, -0.2) is 8.42 Å². The Morgan fingerprint density at radius 1 is 1.22 bits per heavy atom. The van der Waals surface area contributed by atoms with Crippen molar-refractivity contribution in [2.45, 2.75) is 49.0 Å². The van der Waals surface area contributed by atoms with Crippen LogP contribution in [0.1, 0.15) is 31.2 Å². The number of rotatable bonds is 3. The van der Waals surface area contributed by atoms with Crippen LogP contribution >= 0.6 is 0 Å². The third-order valence-corrected chi connectivity index (χ3v) is 6.92. The molecule has 126 valence electrons. The highest BCUT2D eigenvalue weighted by atomic mass is 32.2. The van der Waals surface area contributed by atoms with Crippen LogP contribution < -0.4 is 4.74 Å². The Balaban J connectivity index is 1.78. The summed E-state index contributed by atoms with van der Waals surface area (Å²) in [5.74, 6) is -0.251. The molecule has 1 fully saturated rings. The average molecular weight is 346 g/mol. The van der Waals surface area contributed by atoms with Crippen LogP contribution in [0.4, 0.5) is 13.2 Å². The van der Waals surface area contributed by atoms with Gasteiger partial charge in [-0.1, -0.05) is 30.2 Å². The number of benzene rings is 1. The van der Waals surface area contributed by atoms with E-state index in [-0.39, 0.29) is 11.0 Å².